The number of aromatic amines is 1. The van der Waals surface area contributed by atoms with E-state index in [4.69, 9.17) is 0 Å². The van der Waals surface area contributed by atoms with Gasteiger partial charge in [0, 0.05) is 17.1 Å². The number of rotatable bonds is 3. The molecule has 4 nitrogen and oxygen atoms in total. The van der Waals surface area contributed by atoms with Crippen molar-refractivity contribution in [3.63, 3.8) is 0 Å². The molecule has 0 aliphatic carbocycles. The molecule has 0 aliphatic heterocycles. The van der Waals surface area contributed by atoms with Crippen molar-refractivity contribution < 1.29 is 8.42 Å². The molecule has 0 spiro atoms. The van der Waals surface area contributed by atoms with Gasteiger partial charge in [-0.2, -0.15) is 0 Å². The van der Waals surface area contributed by atoms with Crippen LogP contribution in [0.15, 0.2) is 88.8 Å². The second-order valence-corrected chi connectivity index (χ2v) is 7.35. The molecule has 2 aromatic carbocycles. The highest BCUT2D eigenvalue weighted by molar-refractivity contribution is 7.91. The van der Waals surface area contributed by atoms with Gasteiger partial charge in [-0.1, -0.05) is 30.3 Å². The summed E-state index contributed by atoms with van der Waals surface area (Å²) in [5, 5.41) is 0.669. The molecular weight excluding hydrogens is 320 g/mol. The first-order valence-electron chi connectivity index (χ1n) is 7.49. The fourth-order valence-corrected chi connectivity index (χ4v) is 4.23. The zero-order valence-electron chi connectivity index (χ0n) is 12.7. The molecule has 2 aromatic heterocycles. The van der Waals surface area contributed by atoms with Crippen LogP contribution < -0.4 is 0 Å². The molecule has 5 heteroatoms. The van der Waals surface area contributed by atoms with Crippen LogP contribution in [0.4, 0.5) is 0 Å². The van der Waals surface area contributed by atoms with Crippen LogP contribution in [0.25, 0.3) is 22.3 Å². The second kappa shape index (κ2) is 5.62. The average Bonchev–Trinajstić information content (AvgIpc) is 3.07. The highest BCUT2D eigenvalue weighted by atomic mass is 32.2. The molecule has 0 saturated carbocycles. The van der Waals surface area contributed by atoms with Crippen LogP contribution in [0.2, 0.25) is 0 Å². The molecule has 0 bridgehead atoms. The Bertz CT molecular complexity index is 1100. The van der Waals surface area contributed by atoms with E-state index >= 15 is 0 Å². The lowest BCUT2D eigenvalue weighted by atomic mass is 10.2. The monoisotopic (exact) mass is 334 g/mol. The van der Waals surface area contributed by atoms with E-state index in [0.717, 1.165) is 16.9 Å². The van der Waals surface area contributed by atoms with Crippen molar-refractivity contribution >= 4 is 20.7 Å². The summed E-state index contributed by atoms with van der Waals surface area (Å²) in [6.07, 6.45) is 1.71. The Morgan fingerprint density at radius 2 is 1.62 bits per heavy atom. The van der Waals surface area contributed by atoms with Crippen LogP contribution in [0, 0.1) is 0 Å². The maximum atomic E-state index is 13.0. The fourth-order valence-electron chi connectivity index (χ4n) is 2.75. The van der Waals surface area contributed by atoms with Crippen molar-refractivity contribution in [3.05, 3.63) is 79.0 Å². The summed E-state index contributed by atoms with van der Waals surface area (Å²) < 4.78 is 25.9. The van der Waals surface area contributed by atoms with E-state index in [-0.39, 0.29) is 4.90 Å². The van der Waals surface area contributed by atoms with Crippen LogP contribution in [-0.4, -0.2) is 18.4 Å². The summed E-state index contributed by atoms with van der Waals surface area (Å²) in [6.45, 7) is 0. The fraction of sp³-hybridized carbons (Fsp3) is 0. The van der Waals surface area contributed by atoms with Crippen LogP contribution >= 0.6 is 0 Å². The van der Waals surface area contributed by atoms with Crippen molar-refractivity contribution in [3.8, 4) is 11.4 Å². The van der Waals surface area contributed by atoms with E-state index in [1.807, 2.05) is 30.3 Å². The van der Waals surface area contributed by atoms with Crippen molar-refractivity contribution in [1.29, 1.82) is 0 Å². The average molecular weight is 334 g/mol. The molecule has 24 heavy (non-hydrogen) atoms. The summed E-state index contributed by atoms with van der Waals surface area (Å²) in [5.41, 5.74) is 2.34. The Morgan fingerprint density at radius 1 is 0.833 bits per heavy atom. The van der Waals surface area contributed by atoms with Gasteiger partial charge >= 0.3 is 0 Å². The quantitative estimate of drug-likeness (QED) is 0.614. The number of aromatic nitrogens is 2. The Hall–Kier alpha value is -2.92. The number of nitrogens with zero attached hydrogens (tertiary/aromatic N) is 1. The third-order valence-corrected chi connectivity index (χ3v) is 5.74. The molecule has 4 rings (SSSR count). The zero-order chi connectivity index (χ0) is 16.6. The first kappa shape index (κ1) is 14.7. The summed E-state index contributed by atoms with van der Waals surface area (Å²) >= 11 is 0. The molecule has 4 aromatic rings. The SMILES string of the molecule is O=S(=O)(c1ccccc1)c1cccc2[nH]c(-c3ccccn3)cc12. The minimum Gasteiger partial charge on any atom is -0.353 e. The molecule has 1 N–H and O–H groups in total. The van der Waals surface area contributed by atoms with Gasteiger partial charge in [-0.3, -0.25) is 4.98 Å². The van der Waals surface area contributed by atoms with E-state index < -0.39 is 9.84 Å². The van der Waals surface area contributed by atoms with Gasteiger partial charge in [0.15, 0.2) is 0 Å². The van der Waals surface area contributed by atoms with Crippen LogP contribution in [0.3, 0.4) is 0 Å². The number of hydrogen-bond acceptors (Lipinski definition) is 3. The highest BCUT2D eigenvalue weighted by Gasteiger charge is 2.21. The number of hydrogen-bond donors (Lipinski definition) is 1. The van der Waals surface area contributed by atoms with Gasteiger partial charge in [-0.25, -0.2) is 8.42 Å². The Morgan fingerprint density at radius 3 is 2.38 bits per heavy atom. The Balaban J connectivity index is 1.93. The van der Waals surface area contributed by atoms with Gasteiger partial charge in [-0.05, 0) is 42.5 Å². The number of nitrogens with one attached hydrogen (secondary N) is 1. The van der Waals surface area contributed by atoms with Crippen molar-refractivity contribution in [2.24, 2.45) is 0 Å². The molecule has 0 aliphatic rings. The standard InChI is InChI=1S/C19H14N2O2S/c22-24(23,14-7-2-1-3-8-14)19-11-6-10-16-15(19)13-18(21-16)17-9-4-5-12-20-17/h1-13,21H. The van der Waals surface area contributed by atoms with Gasteiger partial charge in [0.2, 0.25) is 9.84 Å². The van der Waals surface area contributed by atoms with E-state index in [2.05, 4.69) is 9.97 Å². The van der Waals surface area contributed by atoms with Gasteiger partial charge in [0.05, 0.1) is 21.2 Å². The summed E-state index contributed by atoms with van der Waals surface area (Å²) in [7, 11) is -3.57. The molecule has 0 unspecified atom stereocenters. The maximum absolute atomic E-state index is 13.0. The topological polar surface area (TPSA) is 62.8 Å². The summed E-state index contributed by atoms with van der Waals surface area (Å²) in [5.74, 6) is 0. The van der Waals surface area contributed by atoms with Gasteiger partial charge < -0.3 is 4.98 Å². The van der Waals surface area contributed by atoms with Crippen LogP contribution in [0.1, 0.15) is 0 Å². The highest BCUT2D eigenvalue weighted by Crippen LogP contribution is 2.31. The van der Waals surface area contributed by atoms with E-state index in [1.165, 1.54) is 0 Å². The Kier molecular flexibility index (Phi) is 3.43. The van der Waals surface area contributed by atoms with Gasteiger partial charge in [-0.15, -0.1) is 0 Å². The zero-order valence-corrected chi connectivity index (χ0v) is 13.5. The third-order valence-electron chi connectivity index (χ3n) is 3.91. The van der Waals surface area contributed by atoms with E-state index in [0.29, 0.717) is 10.3 Å². The number of H-pyrrole nitrogens is 1. The third kappa shape index (κ3) is 2.39. The van der Waals surface area contributed by atoms with Crippen molar-refractivity contribution in [2.45, 2.75) is 9.79 Å². The Labute approximate surface area is 139 Å². The number of pyridine rings is 1. The van der Waals surface area contributed by atoms with Crippen LogP contribution in [-0.2, 0) is 9.84 Å². The van der Waals surface area contributed by atoms with E-state index in [1.54, 1.807) is 48.7 Å². The number of benzene rings is 2. The summed E-state index contributed by atoms with van der Waals surface area (Å²) in [4.78, 5) is 8.15. The van der Waals surface area contributed by atoms with Gasteiger partial charge in [0.1, 0.15) is 0 Å². The molecule has 0 fully saturated rings. The molecule has 0 amide bonds. The lowest BCUT2D eigenvalue weighted by Crippen LogP contribution is -2.01. The molecule has 2 heterocycles. The molecule has 0 atom stereocenters. The smallest absolute Gasteiger partial charge is 0.207 e. The largest absolute Gasteiger partial charge is 0.353 e. The lowest BCUT2D eigenvalue weighted by Gasteiger charge is -2.05. The van der Waals surface area contributed by atoms with Crippen molar-refractivity contribution in [1.82, 2.24) is 9.97 Å². The molecule has 0 saturated heterocycles. The first-order chi connectivity index (χ1) is 11.7. The number of fused-ring (bicyclic) bond motifs is 1. The second-order valence-electron chi connectivity index (χ2n) is 5.43. The van der Waals surface area contributed by atoms with Crippen LogP contribution in [0.5, 0.6) is 0 Å². The minimum atomic E-state index is -3.57. The van der Waals surface area contributed by atoms with Gasteiger partial charge in [0.25, 0.3) is 0 Å². The normalized spacial score (nSPS) is 11.7. The maximum Gasteiger partial charge on any atom is 0.207 e. The molecule has 118 valence electrons. The first-order valence-corrected chi connectivity index (χ1v) is 8.98. The lowest BCUT2D eigenvalue weighted by molar-refractivity contribution is 0.597. The molecular formula is C19H14N2O2S. The number of sulfone groups is 1. The van der Waals surface area contributed by atoms with Crippen molar-refractivity contribution in [2.75, 3.05) is 0 Å². The summed E-state index contributed by atoms with van der Waals surface area (Å²) in [6, 6.07) is 21.2. The molecule has 0 radical (unpaired) electrons. The predicted octanol–water partition coefficient (Wildman–Crippen LogP) is 4.06. The van der Waals surface area contributed by atoms with E-state index in [9.17, 15) is 8.42 Å². The predicted molar refractivity (Wildman–Crippen MR) is 93.4 cm³/mol. The minimum absolute atomic E-state index is 0.290.